The standard InChI is InChI=1S/C12H27N4O/c1-4-16(5-2,6-3)10-11(17)8-7-9-15-12(13)14/h4-10H2,1-3H3,(H4,13,14,15)/q+1. The van der Waals surface area contributed by atoms with Gasteiger partial charge < -0.3 is 16.0 Å². The molecular weight excluding hydrogens is 216 g/mol. The van der Waals surface area contributed by atoms with Crippen LogP contribution in [-0.4, -0.2) is 48.9 Å². The Kier molecular flexibility index (Phi) is 7.54. The van der Waals surface area contributed by atoms with Gasteiger partial charge in [-0.15, -0.1) is 0 Å². The second kappa shape index (κ2) is 8.06. The number of Topliss-reactive ketones (excluding diaryl/α,β-unsaturated/α-hetero) is 1. The van der Waals surface area contributed by atoms with E-state index in [1.807, 2.05) is 0 Å². The van der Waals surface area contributed by atoms with Gasteiger partial charge in [0.15, 0.2) is 11.7 Å². The molecule has 0 aromatic rings. The van der Waals surface area contributed by atoms with Crippen LogP contribution >= 0.6 is 0 Å². The number of nitrogens with zero attached hydrogens (tertiary/aromatic N) is 2. The summed E-state index contributed by atoms with van der Waals surface area (Å²) in [5.74, 6) is 0.402. The Labute approximate surface area is 104 Å². The van der Waals surface area contributed by atoms with Crippen molar-refractivity contribution in [2.45, 2.75) is 33.6 Å². The van der Waals surface area contributed by atoms with E-state index >= 15 is 0 Å². The molecule has 0 radical (unpaired) electrons. The smallest absolute Gasteiger partial charge is 0.186 e. The van der Waals surface area contributed by atoms with Crippen molar-refractivity contribution in [3.63, 3.8) is 0 Å². The second-order valence-corrected chi connectivity index (χ2v) is 4.40. The van der Waals surface area contributed by atoms with Crippen LogP contribution < -0.4 is 11.5 Å². The van der Waals surface area contributed by atoms with Gasteiger partial charge in [0.05, 0.1) is 19.6 Å². The molecule has 0 aromatic carbocycles. The van der Waals surface area contributed by atoms with E-state index in [9.17, 15) is 4.79 Å². The van der Waals surface area contributed by atoms with Crippen LogP contribution in [0.1, 0.15) is 33.6 Å². The highest BCUT2D eigenvalue weighted by Crippen LogP contribution is 2.07. The van der Waals surface area contributed by atoms with Gasteiger partial charge in [-0.3, -0.25) is 9.79 Å². The molecule has 0 saturated heterocycles. The van der Waals surface area contributed by atoms with Crippen LogP contribution in [0.5, 0.6) is 0 Å². The first-order valence-corrected chi connectivity index (χ1v) is 6.41. The predicted molar refractivity (Wildman–Crippen MR) is 71.7 cm³/mol. The van der Waals surface area contributed by atoms with Crippen molar-refractivity contribution in [1.82, 2.24) is 0 Å². The van der Waals surface area contributed by atoms with E-state index in [1.54, 1.807) is 0 Å². The topological polar surface area (TPSA) is 81.5 Å². The number of aliphatic imine (C=N–C) groups is 1. The summed E-state index contributed by atoms with van der Waals surface area (Å²) in [4.78, 5) is 15.7. The summed E-state index contributed by atoms with van der Waals surface area (Å²) >= 11 is 0. The zero-order valence-corrected chi connectivity index (χ0v) is 11.4. The Morgan fingerprint density at radius 3 is 2.06 bits per heavy atom. The van der Waals surface area contributed by atoms with E-state index in [1.165, 1.54) is 0 Å². The van der Waals surface area contributed by atoms with Gasteiger partial charge in [0.25, 0.3) is 0 Å². The predicted octanol–water partition coefficient (Wildman–Crippen LogP) is 0.486. The van der Waals surface area contributed by atoms with Gasteiger partial charge in [0.2, 0.25) is 0 Å². The summed E-state index contributed by atoms with van der Waals surface area (Å²) in [7, 11) is 0. The largest absolute Gasteiger partial charge is 0.370 e. The molecule has 0 rings (SSSR count). The van der Waals surface area contributed by atoms with Crippen LogP contribution in [0.25, 0.3) is 0 Å². The molecule has 4 N–H and O–H groups in total. The molecule has 5 nitrogen and oxygen atoms in total. The maximum atomic E-state index is 11.9. The molecule has 0 aliphatic heterocycles. The van der Waals surface area contributed by atoms with Crippen LogP contribution in [0, 0.1) is 0 Å². The molecule has 17 heavy (non-hydrogen) atoms. The minimum absolute atomic E-state index is 0.0956. The summed E-state index contributed by atoms with van der Waals surface area (Å²) in [6, 6.07) is 0. The molecular formula is C12H27N4O+. The maximum Gasteiger partial charge on any atom is 0.186 e. The van der Waals surface area contributed by atoms with Crippen molar-refractivity contribution in [2.75, 3.05) is 32.7 Å². The Hall–Kier alpha value is -1.10. The average Bonchev–Trinajstić information content (AvgIpc) is 2.32. The number of rotatable bonds is 9. The number of likely N-dealkylation sites (N-methyl/N-ethyl adjacent to an activating group) is 1. The van der Waals surface area contributed by atoms with Gasteiger partial charge in [0, 0.05) is 13.0 Å². The fourth-order valence-electron chi connectivity index (χ4n) is 1.94. The molecule has 5 heteroatoms. The lowest BCUT2D eigenvalue weighted by atomic mass is 10.2. The number of quaternary nitrogens is 1. The van der Waals surface area contributed by atoms with Gasteiger partial charge in [0.1, 0.15) is 6.54 Å². The zero-order chi connectivity index (χ0) is 13.3. The van der Waals surface area contributed by atoms with Gasteiger partial charge in [-0.2, -0.15) is 0 Å². The molecule has 0 atom stereocenters. The number of nitrogens with two attached hydrogens (primary N) is 2. The fraction of sp³-hybridized carbons (Fsp3) is 0.833. The van der Waals surface area contributed by atoms with Crippen molar-refractivity contribution in [1.29, 1.82) is 0 Å². The quantitative estimate of drug-likeness (QED) is 0.267. The Morgan fingerprint density at radius 2 is 1.65 bits per heavy atom. The van der Waals surface area contributed by atoms with E-state index in [-0.39, 0.29) is 5.96 Å². The van der Waals surface area contributed by atoms with Crippen LogP contribution in [0.3, 0.4) is 0 Å². The Bertz CT molecular complexity index is 247. The second-order valence-electron chi connectivity index (χ2n) is 4.40. The fourth-order valence-corrected chi connectivity index (χ4v) is 1.94. The molecule has 0 aliphatic carbocycles. The number of hydrogen-bond acceptors (Lipinski definition) is 2. The number of carbonyl (C=O) groups excluding carboxylic acids is 1. The van der Waals surface area contributed by atoms with Crippen LogP contribution in [0.15, 0.2) is 4.99 Å². The first kappa shape index (κ1) is 15.9. The van der Waals surface area contributed by atoms with E-state index in [0.717, 1.165) is 30.5 Å². The highest BCUT2D eigenvalue weighted by atomic mass is 16.1. The SMILES string of the molecule is CC[N+](CC)(CC)CC(=O)CCCN=C(N)N. The Balaban J connectivity index is 4.03. The number of hydrogen-bond donors (Lipinski definition) is 2. The summed E-state index contributed by atoms with van der Waals surface area (Å²) in [5.41, 5.74) is 10.4. The number of carbonyl (C=O) groups is 1. The van der Waals surface area contributed by atoms with Gasteiger partial charge in [-0.25, -0.2) is 0 Å². The molecule has 0 aliphatic rings. The lowest BCUT2D eigenvalue weighted by Crippen LogP contribution is -2.50. The molecule has 0 saturated carbocycles. The molecule has 0 bridgehead atoms. The summed E-state index contributed by atoms with van der Waals surface area (Å²) < 4.78 is 0.876. The van der Waals surface area contributed by atoms with E-state index in [2.05, 4.69) is 25.8 Å². The normalized spacial score (nSPS) is 11.2. The first-order valence-electron chi connectivity index (χ1n) is 6.41. The van der Waals surface area contributed by atoms with Gasteiger partial charge in [-0.1, -0.05) is 0 Å². The third-order valence-electron chi connectivity index (χ3n) is 3.43. The Morgan fingerprint density at radius 1 is 1.12 bits per heavy atom. The molecule has 0 heterocycles. The lowest BCUT2D eigenvalue weighted by Gasteiger charge is -2.35. The van der Waals surface area contributed by atoms with Crippen molar-refractivity contribution < 1.29 is 9.28 Å². The molecule has 100 valence electrons. The third kappa shape index (κ3) is 6.26. The summed E-state index contributed by atoms with van der Waals surface area (Å²) in [6.45, 7) is 10.6. The van der Waals surface area contributed by atoms with Crippen LogP contribution in [0.4, 0.5) is 0 Å². The zero-order valence-electron chi connectivity index (χ0n) is 11.4. The molecule has 0 fully saturated rings. The highest BCUT2D eigenvalue weighted by Gasteiger charge is 2.23. The maximum absolute atomic E-state index is 11.9. The summed E-state index contributed by atoms with van der Waals surface area (Å²) in [5, 5.41) is 0. The minimum Gasteiger partial charge on any atom is -0.370 e. The first-order chi connectivity index (χ1) is 7.99. The van der Waals surface area contributed by atoms with E-state index in [0.29, 0.717) is 25.3 Å². The van der Waals surface area contributed by atoms with E-state index < -0.39 is 0 Å². The number of guanidine groups is 1. The highest BCUT2D eigenvalue weighted by molar-refractivity contribution is 5.79. The third-order valence-corrected chi connectivity index (χ3v) is 3.43. The van der Waals surface area contributed by atoms with Crippen molar-refractivity contribution in [2.24, 2.45) is 16.5 Å². The monoisotopic (exact) mass is 243 g/mol. The molecule has 0 amide bonds. The van der Waals surface area contributed by atoms with Gasteiger partial charge in [-0.05, 0) is 27.2 Å². The van der Waals surface area contributed by atoms with E-state index in [4.69, 9.17) is 11.5 Å². The molecule has 0 aromatic heterocycles. The summed E-state index contributed by atoms with van der Waals surface area (Å²) in [6.07, 6.45) is 1.30. The van der Waals surface area contributed by atoms with Crippen molar-refractivity contribution in [3.05, 3.63) is 0 Å². The van der Waals surface area contributed by atoms with Crippen molar-refractivity contribution >= 4 is 11.7 Å². The number of ketones is 1. The molecule has 0 unspecified atom stereocenters. The average molecular weight is 243 g/mol. The van der Waals surface area contributed by atoms with Crippen LogP contribution in [0.2, 0.25) is 0 Å². The lowest BCUT2D eigenvalue weighted by molar-refractivity contribution is -0.915. The van der Waals surface area contributed by atoms with Crippen molar-refractivity contribution in [3.8, 4) is 0 Å². The minimum atomic E-state index is 0.0956. The van der Waals surface area contributed by atoms with Crippen LogP contribution in [-0.2, 0) is 4.79 Å². The van der Waals surface area contributed by atoms with Gasteiger partial charge >= 0.3 is 0 Å². The molecule has 0 spiro atoms.